The van der Waals surface area contributed by atoms with E-state index in [0.717, 1.165) is 31.7 Å². The summed E-state index contributed by atoms with van der Waals surface area (Å²) in [5.41, 5.74) is 2.60. The highest BCUT2D eigenvalue weighted by atomic mass is 16.5. The predicted octanol–water partition coefficient (Wildman–Crippen LogP) is 2.90. The van der Waals surface area contributed by atoms with E-state index < -0.39 is 0 Å². The molecule has 0 amide bonds. The van der Waals surface area contributed by atoms with E-state index >= 15 is 0 Å². The molecule has 18 heavy (non-hydrogen) atoms. The monoisotopic (exact) mass is 243 g/mol. The van der Waals surface area contributed by atoms with Crippen molar-refractivity contribution in [1.82, 2.24) is 5.32 Å². The quantitative estimate of drug-likeness (QED) is 0.648. The molecule has 0 saturated carbocycles. The summed E-state index contributed by atoms with van der Waals surface area (Å²) in [5, 5.41) is 3.41. The first-order valence-electron chi connectivity index (χ1n) is 6.52. The summed E-state index contributed by atoms with van der Waals surface area (Å²) >= 11 is 0. The minimum atomic E-state index is -0.0505. The second kappa shape index (κ2) is 5.46. The van der Waals surface area contributed by atoms with Gasteiger partial charge in [-0.3, -0.25) is 0 Å². The lowest BCUT2D eigenvalue weighted by atomic mass is 10.0. The summed E-state index contributed by atoms with van der Waals surface area (Å²) in [6.07, 6.45) is 1.91. The lowest BCUT2D eigenvalue weighted by Crippen LogP contribution is -2.24. The maximum atomic E-state index is 5.87. The smallest absolute Gasteiger partial charge is 0.123 e. The number of ether oxygens (including phenoxy) is 1. The molecule has 96 valence electrons. The SMILES string of the molecule is CC#CCCNCc1ccc2c(c1)CC(C)(C)O2. The van der Waals surface area contributed by atoms with E-state index in [4.69, 9.17) is 4.74 Å². The summed E-state index contributed by atoms with van der Waals surface area (Å²) in [6.45, 7) is 7.99. The largest absolute Gasteiger partial charge is 0.487 e. The minimum Gasteiger partial charge on any atom is -0.487 e. The van der Waals surface area contributed by atoms with Crippen molar-refractivity contribution < 1.29 is 4.74 Å². The lowest BCUT2D eigenvalue weighted by molar-refractivity contribution is 0.138. The van der Waals surface area contributed by atoms with Crippen LogP contribution >= 0.6 is 0 Å². The molecule has 1 aromatic carbocycles. The Morgan fingerprint density at radius 1 is 1.39 bits per heavy atom. The Morgan fingerprint density at radius 2 is 2.22 bits per heavy atom. The molecule has 2 heteroatoms. The summed E-state index contributed by atoms with van der Waals surface area (Å²) in [4.78, 5) is 0. The van der Waals surface area contributed by atoms with Crippen LogP contribution in [0.3, 0.4) is 0 Å². The first-order valence-corrected chi connectivity index (χ1v) is 6.52. The van der Waals surface area contributed by atoms with Gasteiger partial charge in [0.15, 0.2) is 0 Å². The summed E-state index contributed by atoms with van der Waals surface area (Å²) < 4.78 is 5.87. The van der Waals surface area contributed by atoms with E-state index in [1.165, 1.54) is 11.1 Å². The molecule has 0 atom stereocenters. The van der Waals surface area contributed by atoms with Gasteiger partial charge >= 0.3 is 0 Å². The average molecular weight is 243 g/mol. The fourth-order valence-electron chi connectivity index (χ4n) is 2.28. The van der Waals surface area contributed by atoms with Crippen molar-refractivity contribution in [3.8, 4) is 17.6 Å². The number of hydrogen-bond acceptors (Lipinski definition) is 2. The van der Waals surface area contributed by atoms with Crippen LogP contribution in [0.4, 0.5) is 0 Å². The highest BCUT2D eigenvalue weighted by molar-refractivity contribution is 5.41. The van der Waals surface area contributed by atoms with Gasteiger partial charge in [-0.2, -0.15) is 0 Å². The first-order chi connectivity index (χ1) is 8.61. The maximum Gasteiger partial charge on any atom is 0.123 e. The molecule has 1 heterocycles. The van der Waals surface area contributed by atoms with E-state index in [-0.39, 0.29) is 5.60 Å². The second-order valence-electron chi connectivity index (χ2n) is 5.33. The molecule has 0 fully saturated rings. The number of rotatable bonds is 4. The van der Waals surface area contributed by atoms with Gasteiger partial charge in [0.05, 0.1) is 0 Å². The average Bonchev–Trinajstić information content (AvgIpc) is 2.62. The summed E-state index contributed by atoms with van der Waals surface area (Å²) in [7, 11) is 0. The van der Waals surface area contributed by atoms with Crippen LogP contribution in [0.25, 0.3) is 0 Å². The molecule has 2 rings (SSSR count). The van der Waals surface area contributed by atoms with Crippen LogP contribution in [0.15, 0.2) is 18.2 Å². The van der Waals surface area contributed by atoms with E-state index in [0.29, 0.717) is 0 Å². The van der Waals surface area contributed by atoms with E-state index in [1.54, 1.807) is 0 Å². The number of fused-ring (bicyclic) bond motifs is 1. The topological polar surface area (TPSA) is 21.3 Å². The third-order valence-electron chi connectivity index (χ3n) is 3.06. The van der Waals surface area contributed by atoms with E-state index in [1.807, 2.05) is 6.92 Å². The van der Waals surface area contributed by atoms with Crippen molar-refractivity contribution >= 4 is 0 Å². The van der Waals surface area contributed by atoms with Crippen molar-refractivity contribution in [1.29, 1.82) is 0 Å². The van der Waals surface area contributed by atoms with E-state index in [9.17, 15) is 0 Å². The second-order valence-corrected chi connectivity index (χ2v) is 5.33. The first kappa shape index (κ1) is 13.0. The van der Waals surface area contributed by atoms with Crippen LogP contribution in [-0.4, -0.2) is 12.1 Å². The van der Waals surface area contributed by atoms with Crippen LogP contribution in [0.1, 0.15) is 38.3 Å². The zero-order chi connectivity index (χ0) is 13.0. The molecule has 1 aliphatic rings. The number of benzene rings is 1. The fourth-order valence-corrected chi connectivity index (χ4v) is 2.28. The van der Waals surface area contributed by atoms with Crippen molar-refractivity contribution in [2.24, 2.45) is 0 Å². The Bertz CT molecular complexity index is 480. The standard InChI is InChI=1S/C16H21NO/c1-4-5-6-9-17-12-13-7-8-15-14(10-13)11-16(2,3)18-15/h7-8,10,17H,6,9,11-12H2,1-3H3. The molecule has 0 saturated heterocycles. The number of hydrogen-bond donors (Lipinski definition) is 1. The van der Waals surface area contributed by atoms with Crippen molar-refractivity contribution in [3.63, 3.8) is 0 Å². The van der Waals surface area contributed by atoms with Gasteiger partial charge in [0.2, 0.25) is 0 Å². The Balaban J connectivity index is 1.90. The third kappa shape index (κ3) is 3.27. The molecule has 1 N–H and O–H groups in total. The number of nitrogens with one attached hydrogen (secondary N) is 1. The van der Waals surface area contributed by atoms with Crippen LogP contribution < -0.4 is 10.1 Å². The molecule has 0 unspecified atom stereocenters. The molecule has 2 nitrogen and oxygen atoms in total. The highest BCUT2D eigenvalue weighted by Crippen LogP contribution is 2.35. The third-order valence-corrected chi connectivity index (χ3v) is 3.06. The molecule has 0 radical (unpaired) electrons. The Labute approximate surface area is 110 Å². The molecule has 0 spiro atoms. The molecule has 1 aliphatic heterocycles. The molecular formula is C16H21NO. The van der Waals surface area contributed by atoms with E-state index in [2.05, 4.69) is 49.2 Å². The van der Waals surface area contributed by atoms with Crippen LogP contribution in [0.2, 0.25) is 0 Å². The van der Waals surface area contributed by atoms with Gasteiger partial charge in [0.1, 0.15) is 11.4 Å². The van der Waals surface area contributed by atoms with Gasteiger partial charge in [0, 0.05) is 25.9 Å². The predicted molar refractivity (Wildman–Crippen MR) is 74.6 cm³/mol. The van der Waals surface area contributed by atoms with Gasteiger partial charge in [-0.1, -0.05) is 12.1 Å². The zero-order valence-corrected chi connectivity index (χ0v) is 11.5. The van der Waals surface area contributed by atoms with Crippen LogP contribution in [0, 0.1) is 11.8 Å². The highest BCUT2D eigenvalue weighted by Gasteiger charge is 2.29. The lowest BCUT2D eigenvalue weighted by Gasteiger charge is -2.16. The molecule has 0 aliphatic carbocycles. The normalized spacial score (nSPS) is 15.5. The molecule has 0 aromatic heterocycles. The fraction of sp³-hybridized carbons (Fsp3) is 0.500. The molecular weight excluding hydrogens is 222 g/mol. The van der Waals surface area contributed by atoms with Gasteiger partial charge < -0.3 is 10.1 Å². The van der Waals surface area contributed by atoms with Crippen LogP contribution in [-0.2, 0) is 13.0 Å². The van der Waals surface area contributed by atoms with Crippen LogP contribution in [0.5, 0.6) is 5.75 Å². The van der Waals surface area contributed by atoms with Crippen molar-refractivity contribution in [2.45, 2.75) is 45.8 Å². The van der Waals surface area contributed by atoms with Gasteiger partial charge in [-0.25, -0.2) is 0 Å². The Hall–Kier alpha value is -1.46. The Kier molecular flexibility index (Phi) is 3.93. The van der Waals surface area contributed by atoms with Crippen molar-refractivity contribution in [2.75, 3.05) is 6.54 Å². The molecule has 0 bridgehead atoms. The minimum absolute atomic E-state index is 0.0505. The zero-order valence-electron chi connectivity index (χ0n) is 11.5. The summed E-state index contributed by atoms with van der Waals surface area (Å²) in [6, 6.07) is 6.48. The van der Waals surface area contributed by atoms with Crippen molar-refractivity contribution in [3.05, 3.63) is 29.3 Å². The molecule has 1 aromatic rings. The van der Waals surface area contributed by atoms with Gasteiger partial charge in [0.25, 0.3) is 0 Å². The maximum absolute atomic E-state index is 5.87. The van der Waals surface area contributed by atoms with Gasteiger partial charge in [-0.05, 0) is 38.0 Å². The Morgan fingerprint density at radius 3 is 3.00 bits per heavy atom. The van der Waals surface area contributed by atoms with Gasteiger partial charge in [-0.15, -0.1) is 11.8 Å². The summed E-state index contributed by atoms with van der Waals surface area (Å²) in [5.74, 6) is 7.00.